The number of carbonyl (C=O) groups excluding carboxylic acids is 2. The van der Waals surface area contributed by atoms with Gasteiger partial charge in [0.2, 0.25) is 0 Å². The van der Waals surface area contributed by atoms with Gasteiger partial charge in [-0.05, 0) is 12.1 Å². The van der Waals surface area contributed by atoms with E-state index < -0.39 is 86.4 Å². The van der Waals surface area contributed by atoms with Gasteiger partial charge in [-0.3, -0.25) is 14.5 Å². The predicted octanol–water partition coefficient (Wildman–Crippen LogP) is -0.549. The second kappa shape index (κ2) is 11.3. The molecular formula is C33H33N3O12. The van der Waals surface area contributed by atoms with Gasteiger partial charge in [-0.15, -0.1) is 0 Å². The Hall–Kier alpha value is -4.00. The molecule has 0 bridgehead atoms. The summed E-state index contributed by atoms with van der Waals surface area (Å²) in [6.45, 7) is -1.44. The molecule has 8 rings (SSSR count). The number of hydrogen-bond acceptors (Lipinski definition) is 12. The number of ether oxygens (including phenoxy) is 3. The number of nitrogens with one attached hydrogen (secondary N) is 1. The molecule has 48 heavy (non-hydrogen) atoms. The summed E-state index contributed by atoms with van der Waals surface area (Å²) in [5, 5.41) is 76.4. The van der Waals surface area contributed by atoms with E-state index in [1.165, 1.54) is 7.05 Å². The fraction of sp³-hybridized carbons (Fsp3) is 0.394. The van der Waals surface area contributed by atoms with Crippen LogP contribution in [-0.2, 0) is 14.2 Å². The van der Waals surface area contributed by atoms with E-state index in [-0.39, 0.29) is 11.1 Å². The number of amides is 2. The molecule has 0 unspecified atom stereocenters. The van der Waals surface area contributed by atoms with E-state index in [4.69, 9.17) is 14.2 Å². The number of aliphatic hydroxyl groups excluding tert-OH is 7. The maximum absolute atomic E-state index is 13.7. The Bertz CT molecular complexity index is 2110. The first-order valence-electron chi connectivity index (χ1n) is 15.5. The number of H-pyrrole nitrogens is 1. The van der Waals surface area contributed by atoms with Crippen LogP contribution in [0.15, 0.2) is 48.5 Å². The minimum atomic E-state index is -1.81. The summed E-state index contributed by atoms with van der Waals surface area (Å²) >= 11 is 0. The number of benzene rings is 3. The average molecular weight is 664 g/mol. The summed E-state index contributed by atoms with van der Waals surface area (Å²) < 4.78 is 19.1. The van der Waals surface area contributed by atoms with E-state index in [1.807, 2.05) is 24.3 Å². The Balaban J connectivity index is 1.31. The zero-order chi connectivity index (χ0) is 33.8. The topological polar surface area (TPSA) is 227 Å². The van der Waals surface area contributed by atoms with Crippen molar-refractivity contribution in [3.63, 3.8) is 0 Å². The van der Waals surface area contributed by atoms with E-state index in [2.05, 4.69) is 4.98 Å². The molecule has 15 heteroatoms. The Morgan fingerprint density at radius 2 is 1.40 bits per heavy atom. The van der Waals surface area contributed by atoms with Gasteiger partial charge in [-0.25, -0.2) is 0 Å². The number of aromatic nitrogens is 2. The number of hydrogen-bond donors (Lipinski definition) is 8. The molecule has 0 spiro atoms. The SMILES string of the molecule is CN1C(=O)c2c(c3c4ccccc4n([C@@H]4O[C@H](CO)[C@@H](O[C@@H]5O[C@H](CO)[C@@H](O)[C@H](O)[C@H]5O)[C@H](O)[C@H]4O)c3c3[nH]c4ccccc4c23)C1=O. The molecule has 2 saturated heterocycles. The molecule has 3 aliphatic heterocycles. The number of nitrogens with zero attached hydrogens (tertiary/aromatic N) is 2. The van der Waals surface area contributed by atoms with Crippen LogP contribution in [0.5, 0.6) is 0 Å². The summed E-state index contributed by atoms with van der Waals surface area (Å²) in [5.41, 5.74) is 2.54. The van der Waals surface area contributed by atoms with Crippen LogP contribution in [0.25, 0.3) is 43.6 Å². The predicted molar refractivity (Wildman–Crippen MR) is 167 cm³/mol. The zero-order valence-electron chi connectivity index (χ0n) is 25.4. The van der Waals surface area contributed by atoms with E-state index in [9.17, 15) is 45.3 Å². The molecule has 0 saturated carbocycles. The van der Waals surface area contributed by atoms with Crippen molar-refractivity contribution in [1.82, 2.24) is 14.5 Å². The third kappa shape index (κ3) is 4.18. The first-order valence-corrected chi connectivity index (χ1v) is 15.5. The second-order valence-corrected chi connectivity index (χ2v) is 12.5. The molecule has 5 aromatic rings. The fourth-order valence-corrected chi connectivity index (χ4v) is 7.49. The van der Waals surface area contributed by atoms with Gasteiger partial charge < -0.3 is 59.5 Å². The van der Waals surface area contributed by atoms with Gasteiger partial charge in [-0.1, -0.05) is 36.4 Å². The maximum Gasteiger partial charge on any atom is 0.262 e. The van der Waals surface area contributed by atoms with Crippen LogP contribution >= 0.6 is 0 Å². The molecule has 0 aliphatic carbocycles. The smallest absolute Gasteiger partial charge is 0.262 e. The van der Waals surface area contributed by atoms with Crippen molar-refractivity contribution in [3.8, 4) is 0 Å². The van der Waals surface area contributed by atoms with E-state index >= 15 is 0 Å². The van der Waals surface area contributed by atoms with Gasteiger partial charge >= 0.3 is 0 Å². The lowest BCUT2D eigenvalue weighted by Gasteiger charge is -2.46. The fourth-order valence-electron chi connectivity index (χ4n) is 7.49. The van der Waals surface area contributed by atoms with Crippen LogP contribution < -0.4 is 0 Å². The third-order valence-corrected chi connectivity index (χ3v) is 9.87. The lowest BCUT2D eigenvalue weighted by molar-refractivity contribution is -0.346. The van der Waals surface area contributed by atoms with Gasteiger partial charge in [0.15, 0.2) is 12.5 Å². The quantitative estimate of drug-likeness (QED) is 0.111. The molecule has 3 aliphatic rings. The van der Waals surface area contributed by atoms with E-state index in [0.717, 1.165) is 4.90 Å². The third-order valence-electron chi connectivity index (χ3n) is 9.87. The molecule has 3 aromatic carbocycles. The van der Waals surface area contributed by atoms with Crippen molar-refractivity contribution in [1.29, 1.82) is 0 Å². The summed E-state index contributed by atoms with van der Waals surface area (Å²) in [6.07, 6.45) is -15.9. The average Bonchev–Trinajstić information content (AvgIpc) is 3.72. The van der Waals surface area contributed by atoms with E-state index in [0.29, 0.717) is 43.6 Å². The molecule has 15 nitrogen and oxygen atoms in total. The second-order valence-electron chi connectivity index (χ2n) is 12.5. The highest BCUT2D eigenvalue weighted by Crippen LogP contribution is 2.47. The first-order chi connectivity index (χ1) is 23.1. The monoisotopic (exact) mass is 663 g/mol. The number of rotatable bonds is 5. The Kier molecular flexibility index (Phi) is 7.35. The molecule has 10 atom stereocenters. The molecule has 2 amide bonds. The Morgan fingerprint density at radius 1 is 0.750 bits per heavy atom. The summed E-state index contributed by atoms with van der Waals surface area (Å²) in [7, 11) is 1.42. The minimum absolute atomic E-state index is 0.193. The van der Waals surface area contributed by atoms with Crippen LogP contribution in [0.2, 0.25) is 0 Å². The van der Waals surface area contributed by atoms with Crippen LogP contribution in [0.3, 0.4) is 0 Å². The summed E-state index contributed by atoms with van der Waals surface area (Å²) in [6, 6.07) is 14.4. The Labute approximate surface area is 270 Å². The lowest BCUT2D eigenvalue weighted by Crippen LogP contribution is -2.63. The number of para-hydroxylation sites is 2. The molecule has 252 valence electrons. The maximum atomic E-state index is 13.7. The molecule has 2 aromatic heterocycles. The highest BCUT2D eigenvalue weighted by Gasteiger charge is 2.51. The van der Waals surface area contributed by atoms with Crippen molar-refractivity contribution < 1.29 is 59.5 Å². The molecular weight excluding hydrogens is 630 g/mol. The summed E-state index contributed by atoms with van der Waals surface area (Å²) in [4.78, 5) is 31.8. The van der Waals surface area contributed by atoms with Crippen molar-refractivity contribution >= 4 is 55.4 Å². The Morgan fingerprint density at radius 3 is 2.10 bits per heavy atom. The summed E-state index contributed by atoms with van der Waals surface area (Å²) in [5.74, 6) is -0.956. The number of aliphatic hydroxyl groups is 7. The highest BCUT2D eigenvalue weighted by molar-refractivity contribution is 6.39. The van der Waals surface area contributed by atoms with Crippen LogP contribution in [0.4, 0.5) is 0 Å². The molecule has 0 radical (unpaired) electrons. The molecule has 5 heterocycles. The zero-order valence-corrected chi connectivity index (χ0v) is 25.4. The molecule has 8 N–H and O–H groups in total. The number of carbonyl (C=O) groups is 2. The van der Waals surface area contributed by atoms with Crippen LogP contribution in [-0.4, -0.2) is 137 Å². The first kappa shape index (κ1) is 31.3. The molecule has 2 fully saturated rings. The lowest BCUT2D eigenvalue weighted by atomic mass is 9.95. The standard InChI is InChI=1S/C33H33N3O12/c1-35-30(44)20-18-12-6-2-4-8-14(12)34-22(18)23-19(21(20)31(35)45)13-7-3-5-9-15(13)36(23)32-27(42)26(41)29(17(11-38)46-32)48-33-28(43)25(40)24(39)16(10-37)47-33/h2-9,16-17,24-29,32-34,37-43H,10-11H2,1H3/t16-,17-,24-,25+,26-,27-,28-,29-,32-,33+/m1/s1. The number of aromatic amines is 1. The number of imide groups is 1. The van der Waals surface area contributed by atoms with E-state index in [1.54, 1.807) is 28.8 Å². The van der Waals surface area contributed by atoms with Crippen LogP contribution in [0.1, 0.15) is 26.9 Å². The van der Waals surface area contributed by atoms with Gasteiger partial charge in [0.1, 0.15) is 48.8 Å². The van der Waals surface area contributed by atoms with Gasteiger partial charge in [0.05, 0.1) is 40.9 Å². The number of fused-ring (bicyclic) bond motifs is 10. The van der Waals surface area contributed by atoms with Gasteiger partial charge in [-0.2, -0.15) is 0 Å². The minimum Gasteiger partial charge on any atom is -0.394 e. The van der Waals surface area contributed by atoms with Crippen molar-refractivity contribution in [2.45, 2.75) is 61.3 Å². The van der Waals surface area contributed by atoms with Crippen molar-refractivity contribution in [2.75, 3.05) is 20.3 Å². The van der Waals surface area contributed by atoms with Crippen LogP contribution in [0, 0.1) is 0 Å². The largest absolute Gasteiger partial charge is 0.394 e. The van der Waals surface area contributed by atoms with Gasteiger partial charge in [0, 0.05) is 34.1 Å². The normalized spacial score (nSPS) is 32.7. The highest BCUT2D eigenvalue weighted by atomic mass is 16.7. The van der Waals surface area contributed by atoms with Crippen molar-refractivity contribution in [3.05, 3.63) is 59.7 Å². The van der Waals surface area contributed by atoms with Gasteiger partial charge in [0.25, 0.3) is 11.8 Å². The van der Waals surface area contributed by atoms with Crippen molar-refractivity contribution in [2.24, 2.45) is 0 Å².